The van der Waals surface area contributed by atoms with Gasteiger partial charge in [0.25, 0.3) is 0 Å². The van der Waals surface area contributed by atoms with Crippen LogP contribution in [0.15, 0.2) is 0 Å². The van der Waals surface area contributed by atoms with Gasteiger partial charge >= 0.3 is 5.97 Å². The molecule has 0 heterocycles. The minimum atomic E-state index is -0.865. The second-order valence-electron chi connectivity index (χ2n) is 6.43. The van der Waals surface area contributed by atoms with Crippen LogP contribution in [0.4, 0.5) is 0 Å². The van der Waals surface area contributed by atoms with Crippen molar-refractivity contribution >= 4 is 23.3 Å². The molecule has 6 heteroatoms. The van der Waals surface area contributed by atoms with E-state index < -0.39 is 12.1 Å². The quantitative estimate of drug-likeness (QED) is 0.561. The summed E-state index contributed by atoms with van der Waals surface area (Å²) in [5.74, 6) is -1.40. The molecule has 0 saturated heterocycles. The van der Waals surface area contributed by atoms with Crippen molar-refractivity contribution in [2.75, 3.05) is 0 Å². The lowest BCUT2D eigenvalue weighted by Gasteiger charge is -2.20. The standard InChI is InChI=1S/C17H26O6/c1-11(18)6-8-13-14(16(21)10-15(13)20)9-7-12(19)4-2-3-5-17(22)23/h13-15,20H,2-10H2,1H3,(H,22,23)/t13-,14-,15+/m1/s1. The van der Waals surface area contributed by atoms with Gasteiger partial charge in [-0.2, -0.15) is 0 Å². The third-order valence-electron chi connectivity index (χ3n) is 4.50. The average Bonchev–Trinajstić information content (AvgIpc) is 2.72. The van der Waals surface area contributed by atoms with Crippen molar-refractivity contribution in [3.63, 3.8) is 0 Å². The van der Waals surface area contributed by atoms with Crippen LogP contribution in [0.25, 0.3) is 0 Å². The number of carbonyl (C=O) groups is 4. The summed E-state index contributed by atoms with van der Waals surface area (Å²) in [6.45, 7) is 1.48. The molecule has 3 atom stereocenters. The van der Waals surface area contributed by atoms with Gasteiger partial charge < -0.3 is 15.0 Å². The van der Waals surface area contributed by atoms with E-state index >= 15 is 0 Å². The van der Waals surface area contributed by atoms with Crippen LogP contribution in [0, 0.1) is 11.8 Å². The molecule has 0 unspecified atom stereocenters. The van der Waals surface area contributed by atoms with Crippen LogP contribution in [0.2, 0.25) is 0 Å². The fraction of sp³-hybridized carbons (Fsp3) is 0.765. The van der Waals surface area contributed by atoms with Gasteiger partial charge in [-0.05, 0) is 38.5 Å². The zero-order chi connectivity index (χ0) is 17.4. The van der Waals surface area contributed by atoms with Crippen LogP contribution < -0.4 is 0 Å². The average molecular weight is 326 g/mol. The Morgan fingerprint density at radius 2 is 1.70 bits per heavy atom. The zero-order valence-electron chi connectivity index (χ0n) is 13.6. The Kier molecular flexibility index (Phi) is 8.09. The topological polar surface area (TPSA) is 109 Å². The number of aliphatic hydroxyl groups excluding tert-OH is 1. The number of carbonyl (C=O) groups excluding carboxylic acids is 3. The molecule has 0 aromatic rings. The van der Waals surface area contributed by atoms with Gasteiger partial charge in [-0.25, -0.2) is 0 Å². The molecule has 0 radical (unpaired) electrons. The number of hydrogen-bond acceptors (Lipinski definition) is 5. The van der Waals surface area contributed by atoms with Crippen LogP contribution in [0.5, 0.6) is 0 Å². The van der Waals surface area contributed by atoms with Crippen LogP contribution in [0.1, 0.15) is 64.7 Å². The number of ketones is 3. The van der Waals surface area contributed by atoms with Crippen molar-refractivity contribution in [2.45, 2.75) is 70.8 Å². The molecule has 0 amide bonds. The van der Waals surface area contributed by atoms with E-state index in [0.29, 0.717) is 38.5 Å². The molecule has 23 heavy (non-hydrogen) atoms. The highest BCUT2D eigenvalue weighted by Gasteiger charge is 2.40. The molecule has 1 saturated carbocycles. The Hall–Kier alpha value is -1.56. The molecular weight excluding hydrogens is 300 g/mol. The lowest BCUT2D eigenvalue weighted by Crippen LogP contribution is -2.22. The molecule has 1 rings (SSSR count). The Balaban J connectivity index is 2.37. The Labute approximate surface area is 136 Å². The minimum Gasteiger partial charge on any atom is -0.481 e. The van der Waals surface area contributed by atoms with Gasteiger partial charge in [-0.1, -0.05) is 0 Å². The van der Waals surface area contributed by atoms with Gasteiger partial charge in [0.2, 0.25) is 0 Å². The van der Waals surface area contributed by atoms with E-state index in [2.05, 4.69) is 0 Å². The Bertz CT molecular complexity index is 456. The van der Waals surface area contributed by atoms with E-state index in [1.807, 2.05) is 0 Å². The molecular formula is C17H26O6. The predicted octanol–water partition coefficient (Wildman–Crippen LogP) is 1.92. The Morgan fingerprint density at radius 3 is 2.30 bits per heavy atom. The second-order valence-corrected chi connectivity index (χ2v) is 6.43. The largest absolute Gasteiger partial charge is 0.481 e. The molecule has 0 aromatic heterocycles. The number of carboxylic acids is 1. The van der Waals surface area contributed by atoms with E-state index in [9.17, 15) is 24.3 Å². The summed E-state index contributed by atoms with van der Waals surface area (Å²) in [6, 6.07) is 0. The smallest absolute Gasteiger partial charge is 0.303 e. The van der Waals surface area contributed by atoms with Gasteiger partial charge in [0.1, 0.15) is 17.3 Å². The first-order valence-corrected chi connectivity index (χ1v) is 8.25. The highest BCUT2D eigenvalue weighted by molar-refractivity contribution is 5.85. The lowest BCUT2D eigenvalue weighted by molar-refractivity contribution is -0.137. The van der Waals surface area contributed by atoms with E-state index in [4.69, 9.17) is 5.11 Å². The van der Waals surface area contributed by atoms with Crippen molar-refractivity contribution in [1.29, 1.82) is 0 Å². The number of rotatable bonds is 11. The first-order valence-electron chi connectivity index (χ1n) is 8.25. The highest BCUT2D eigenvalue weighted by atomic mass is 16.4. The van der Waals surface area contributed by atoms with Crippen molar-refractivity contribution in [3.8, 4) is 0 Å². The number of unbranched alkanes of at least 4 members (excludes halogenated alkanes) is 1. The summed E-state index contributed by atoms with van der Waals surface area (Å²) in [5, 5.41) is 18.5. The lowest BCUT2D eigenvalue weighted by atomic mass is 9.85. The highest BCUT2D eigenvalue weighted by Crippen LogP contribution is 2.36. The number of hydrogen-bond donors (Lipinski definition) is 2. The molecule has 0 aromatic carbocycles. The minimum absolute atomic E-state index is 0.0231. The fourth-order valence-electron chi connectivity index (χ4n) is 3.19. The number of aliphatic carboxylic acids is 1. The third-order valence-corrected chi connectivity index (χ3v) is 4.50. The third kappa shape index (κ3) is 7.03. The van der Waals surface area contributed by atoms with Crippen LogP contribution in [0.3, 0.4) is 0 Å². The van der Waals surface area contributed by atoms with Crippen molar-refractivity contribution in [3.05, 3.63) is 0 Å². The summed E-state index contributed by atoms with van der Waals surface area (Å²) in [7, 11) is 0. The molecule has 0 spiro atoms. The van der Waals surface area contributed by atoms with Gasteiger partial charge in [-0.3, -0.25) is 14.4 Å². The van der Waals surface area contributed by atoms with Crippen LogP contribution >= 0.6 is 0 Å². The molecule has 2 N–H and O–H groups in total. The maximum absolute atomic E-state index is 12.0. The van der Waals surface area contributed by atoms with Gasteiger partial charge in [0.05, 0.1) is 6.10 Å². The van der Waals surface area contributed by atoms with E-state index in [0.717, 1.165) is 0 Å². The van der Waals surface area contributed by atoms with Crippen molar-refractivity contribution in [1.82, 2.24) is 0 Å². The normalized spacial score (nSPS) is 23.9. The molecule has 1 aliphatic carbocycles. The summed E-state index contributed by atoms with van der Waals surface area (Å²) in [4.78, 5) is 45.3. The summed E-state index contributed by atoms with van der Waals surface area (Å²) in [5.41, 5.74) is 0. The maximum atomic E-state index is 12.0. The van der Waals surface area contributed by atoms with E-state index in [1.165, 1.54) is 6.92 Å². The SMILES string of the molecule is CC(=O)CC[C@H]1[C@@H](O)CC(=O)[C@@H]1CCC(=O)CCCCC(=O)O. The van der Waals surface area contributed by atoms with E-state index in [1.54, 1.807) is 0 Å². The summed E-state index contributed by atoms with van der Waals surface area (Å²) >= 11 is 0. The van der Waals surface area contributed by atoms with Gasteiger partial charge in [0, 0.05) is 38.0 Å². The monoisotopic (exact) mass is 326 g/mol. The molecule has 130 valence electrons. The number of aliphatic hydroxyl groups is 1. The molecule has 1 aliphatic rings. The number of Topliss-reactive ketones (excluding diaryl/α,β-unsaturated/α-hetero) is 3. The van der Waals surface area contributed by atoms with Gasteiger partial charge in [0.15, 0.2) is 0 Å². The molecule has 0 bridgehead atoms. The Morgan fingerprint density at radius 1 is 1.04 bits per heavy atom. The fourth-order valence-corrected chi connectivity index (χ4v) is 3.19. The van der Waals surface area contributed by atoms with E-state index in [-0.39, 0.29) is 48.4 Å². The second kappa shape index (κ2) is 9.55. The molecule has 1 fully saturated rings. The first-order chi connectivity index (χ1) is 10.8. The molecule has 0 aliphatic heterocycles. The number of carboxylic acid groups (broad SMARTS) is 1. The predicted molar refractivity (Wildman–Crippen MR) is 82.9 cm³/mol. The maximum Gasteiger partial charge on any atom is 0.303 e. The van der Waals surface area contributed by atoms with Crippen LogP contribution in [-0.2, 0) is 19.2 Å². The summed E-state index contributed by atoms with van der Waals surface area (Å²) < 4.78 is 0. The molecule has 6 nitrogen and oxygen atoms in total. The van der Waals surface area contributed by atoms with Crippen LogP contribution in [-0.4, -0.2) is 39.6 Å². The van der Waals surface area contributed by atoms with Gasteiger partial charge in [-0.15, -0.1) is 0 Å². The van der Waals surface area contributed by atoms with Crippen molar-refractivity contribution < 1.29 is 29.4 Å². The zero-order valence-corrected chi connectivity index (χ0v) is 13.6. The first kappa shape index (κ1) is 19.5. The summed E-state index contributed by atoms with van der Waals surface area (Å²) in [6.07, 6.45) is 2.32. The van der Waals surface area contributed by atoms with Crippen molar-refractivity contribution in [2.24, 2.45) is 11.8 Å².